The Balaban J connectivity index is 2.88. The van der Waals surface area contributed by atoms with Crippen LogP contribution in [-0.4, -0.2) is 43.6 Å². The molecular formula is C14H22ClN3O2. The molecule has 6 heteroatoms. The van der Waals surface area contributed by atoms with Crippen LogP contribution in [0.5, 0.6) is 0 Å². The zero-order valence-corrected chi connectivity index (χ0v) is 13.1. The second kappa shape index (κ2) is 8.07. The van der Waals surface area contributed by atoms with E-state index in [-0.39, 0.29) is 16.5 Å². The molecule has 1 aromatic rings. The molecule has 0 amide bonds. The monoisotopic (exact) mass is 299 g/mol. The first-order valence-corrected chi connectivity index (χ1v) is 7.26. The maximum absolute atomic E-state index is 10.8. The van der Waals surface area contributed by atoms with E-state index in [0.717, 1.165) is 37.3 Å². The van der Waals surface area contributed by atoms with Gasteiger partial charge in [0, 0.05) is 36.8 Å². The summed E-state index contributed by atoms with van der Waals surface area (Å²) in [5.41, 5.74) is 1.90. The highest BCUT2D eigenvalue weighted by molar-refractivity contribution is 6.17. The molecule has 0 N–H and O–H groups in total. The Morgan fingerprint density at radius 1 is 1.30 bits per heavy atom. The number of nitro groups is 1. The minimum absolute atomic E-state index is 0.0914. The van der Waals surface area contributed by atoms with Crippen LogP contribution in [0.4, 0.5) is 11.4 Å². The van der Waals surface area contributed by atoms with Crippen molar-refractivity contribution in [3.05, 3.63) is 33.9 Å². The first kappa shape index (κ1) is 16.7. The topological polar surface area (TPSA) is 49.6 Å². The lowest BCUT2D eigenvalue weighted by Crippen LogP contribution is -2.27. The van der Waals surface area contributed by atoms with Gasteiger partial charge in [-0.05, 0) is 45.6 Å². The second-order valence-electron chi connectivity index (χ2n) is 4.94. The highest BCUT2D eigenvalue weighted by Gasteiger charge is 2.14. The van der Waals surface area contributed by atoms with Gasteiger partial charge in [0.1, 0.15) is 0 Å². The van der Waals surface area contributed by atoms with Crippen molar-refractivity contribution in [2.24, 2.45) is 0 Å². The molecule has 0 spiro atoms. The van der Waals surface area contributed by atoms with Gasteiger partial charge in [-0.3, -0.25) is 10.1 Å². The number of nitro benzene ring substituents is 1. The van der Waals surface area contributed by atoms with E-state index in [1.165, 1.54) is 0 Å². The minimum atomic E-state index is -0.387. The summed E-state index contributed by atoms with van der Waals surface area (Å²) < 4.78 is 0. The first-order valence-electron chi connectivity index (χ1n) is 6.72. The normalized spacial score (nSPS) is 10.8. The van der Waals surface area contributed by atoms with Crippen LogP contribution in [0.2, 0.25) is 0 Å². The molecule has 0 aliphatic rings. The fourth-order valence-electron chi connectivity index (χ4n) is 2.13. The maximum Gasteiger partial charge on any atom is 0.269 e. The number of alkyl halides is 1. The summed E-state index contributed by atoms with van der Waals surface area (Å²) in [6, 6.07) is 4.91. The van der Waals surface area contributed by atoms with Crippen LogP contribution in [0, 0.1) is 10.1 Å². The molecule has 1 rings (SSSR count). The number of nitrogens with zero attached hydrogens (tertiary/aromatic N) is 3. The highest BCUT2D eigenvalue weighted by atomic mass is 35.5. The van der Waals surface area contributed by atoms with Gasteiger partial charge in [0.05, 0.1) is 4.92 Å². The molecule has 0 radical (unpaired) electrons. The van der Waals surface area contributed by atoms with Crippen LogP contribution in [-0.2, 0) is 5.88 Å². The molecule has 5 nitrogen and oxygen atoms in total. The van der Waals surface area contributed by atoms with Gasteiger partial charge in [-0.1, -0.05) is 0 Å². The van der Waals surface area contributed by atoms with Gasteiger partial charge < -0.3 is 9.80 Å². The van der Waals surface area contributed by atoms with Crippen molar-refractivity contribution in [3.63, 3.8) is 0 Å². The Bertz CT molecular complexity index is 452. The molecule has 1 aromatic carbocycles. The van der Waals surface area contributed by atoms with Crippen LogP contribution < -0.4 is 4.90 Å². The zero-order valence-electron chi connectivity index (χ0n) is 12.3. The lowest BCUT2D eigenvalue weighted by atomic mass is 10.1. The van der Waals surface area contributed by atoms with Crippen LogP contribution in [0.3, 0.4) is 0 Å². The summed E-state index contributed by atoms with van der Waals surface area (Å²) in [6.45, 7) is 4.86. The average molecular weight is 300 g/mol. The fourth-order valence-corrected chi connectivity index (χ4v) is 2.34. The van der Waals surface area contributed by atoms with Crippen molar-refractivity contribution in [2.45, 2.75) is 19.2 Å². The van der Waals surface area contributed by atoms with Gasteiger partial charge in [-0.15, -0.1) is 11.6 Å². The Kier molecular flexibility index (Phi) is 6.75. The SMILES string of the molecule is CCN(CCCN(C)C)c1ccc([N+](=O)[O-])cc1CCl. The molecule has 0 saturated heterocycles. The van der Waals surface area contributed by atoms with Crippen molar-refractivity contribution >= 4 is 23.0 Å². The smallest absolute Gasteiger partial charge is 0.269 e. The van der Waals surface area contributed by atoms with Crippen molar-refractivity contribution < 1.29 is 4.92 Å². The quantitative estimate of drug-likeness (QED) is 0.420. The molecule has 0 heterocycles. The van der Waals surface area contributed by atoms with Crippen molar-refractivity contribution in [1.82, 2.24) is 4.90 Å². The number of anilines is 1. The van der Waals surface area contributed by atoms with Crippen molar-refractivity contribution in [3.8, 4) is 0 Å². The predicted molar refractivity (Wildman–Crippen MR) is 83.7 cm³/mol. The van der Waals surface area contributed by atoms with Crippen LogP contribution in [0.25, 0.3) is 0 Å². The van der Waals surface area contributed by atoms with Gasteiger partial charge in [-0.25, -0.2) is 0 Å². The van der Waals surface area contributed by atoms with Gasteiger partial charge in [-0.2, -0.15) is 0 Å². The minimum Gasteiger partial charge on any atom is -0.372 e. The zero-order chi connectivity index (χ0) is 15.1. The third-order valence-electron chi connectivity index (χ3n) is 3.17. The third-order valence-corrected chi connectivity index (χ3v) is 3.46. The Labute approximate surface area is 125 Å². The van der Waals surface area contributed by atoms with E-state index in [4.69, 9.17) is 11.6 Å². The van der Waals surface area contributed by atoms with Gasteiger partial charge in [0.15, 0.2) is 0 Å². The summed E-state index contributed by atoms with van der Waals surface area (Å²) in [4.78, 5) is 14.8. The van der Waals surface area contributed by atoms with Crippen LogP contribution in [0.1, 0.15) is 18.9 Å². The molecule has 0 aliphatic carbocycles. The standard InChI is InChI=1S/C14H22ClN3O2/c1-4-17(9-5-8-16(2)3)14-7-6-13(18(19)20)10-12(14)11-15/h6-7,10H,4-5,8-9,11H2,1-3H3. The maximum atomic E-state index is 10.8. The summed E-state index contributed by atoms with van der Waals surface area (Å²) >= 11 is 5.94. The van der Waals surface area contributed by atoms with Crippen molar-refractivity contribution in [2.75, 3.05) is 38.6 Å². The summed E-state index contributed by atoms with van der Waals surface area (Å²) in [5.74, 6) is 0.279. The Hall–Kier alpha value is -1.33. The molecule has 0 bridgehead atoms. The Morgan fingerprint density at radius 2 is 2.00 bits per heavy atom. The average Bonchev–Trinajstić information content (AvgIpc) is 2.42. The van der Waals surface area contributed by atoms with Gasteiger partial charge in [0.25, 0.3) is 5.69 Å². The van der Waals surface area contributed by atoms with Gasteiger partial charge >= 0.3 is 0 Å². The third kappa shape index (κ3) is 4.65. The lowest BCUT2D eigenvalue weighted by molar-refractivity contribution is -0.384. The largest absolute Gasteiger partial charge is 0.372 e. The summed E-state index contributed by atoms with van der Waals surface area (Å²) in [7, 11) is 4.10. The van der Waals surface area contributed by atoms with Crippen molar-refractivity contribution in [1.29, 1.82) is 0 Å². The molecule has 0 fully saturated rings. The molecule has 0 aromatic heterocycles. The van der Waals surface area contributed by atoms with E-state index in [1.54, 1.807) is 18.2 Å². The number of hydrogen-bond acceptors (Lipinski definition) is 4. The molecular weight excluding hydrogens is 278 g/mol. The fraction of sp³-hybridized carbons (Fsp3) is 0.571. The van der Waals surface area contributed by atoms with E-state index in [0.29, 0.717) is 0 Å². The van der Waals surface area contributed by atoms with Crippen LogP contribution >= 0.6 is 11.6 Å². The lowest BCUT2D eigenvalue weighted by Gasteiger charge is -2.26. The molecule has 20 heavy (non-hydrogen) atoms. The Morgan fingerprint density at radius 3 is 2.50 bits per heavy atom. The number of hydrogen-bond donors (Lipinski definition) is 0. The molecule has 0 aliphatic heterocycles. The van der Waals surface area contributed by atoms with E-state index >= 15 is 0 Å². The predicted octanol–water partition coefficient (Wildman–Crippen LogP) is 3.11. The highest BCUT2D eigenvalue weighted by Crippen LogP contribution is 2.27. The van der Waals surface area contributed by atoms with E-state index < -0.39 is 0 Å². The summed E-state index contributed by atoms with van der Waals surface area (Å²) in [6.07, 6.45) is 1.04. The molecule has 0 saturated carbocycles. The first-order chi connectivity index (χ1) is 9.49. The molecule has 0 atom stereocenters. The van der Waals surface area contributed by atoms with E-state index in [9.17, 15) is 10.1 Å². The number of rotatable bonds is 8. The number of benzene rings is 1. The number of halogens is 1. The molecule has 0 unspecified atom stereocenters. The second-order valence-corrected chi connectivity index (χ2v) is 5.21. The van der Waals surface area contributed by atoms with Gasteiger partial charge in [0.2, 0.25) is 0 Å². The summed E-state index contributed by atoms with van der Waals surface area (Å²) in [5, 5.41) is 10.8. The van der Waals surface area contributed by atoms with E-state index in [2.05, 4.69) is 16.7 Å². The number of non-ortho nitro benzene ring substituents is 1. The molecule has 112 valence electrons. The van der Waals surface area contributed by atoms with E-state index in [1.807, 2.05) is 14.1 Å². The van der Waals surface area contributed by atoms with Crippen LogP contribution in [0.15, 0.2) is 18.2 Å².